The van der Waals surface area contributed by atoms with Crippen molar-refractivity contribution in [2.75, 3.05) is 39.3 Å². The van der Waals surface area contributed by atoms with Crippen molar-refractivity contribution in [2.45, 2.75) is 70.4 Å². The van der Waals surface area contributed by atoms with Crippen LogP contribution in [0.4, 0.5) is 0 Å². The number of carbonyl (C=O) groups is 2. The minimum atomic E-state index is 0. The summed E-state index contributed by atoms with van der Waals surface area (Å²) >= 11 is 0. The number of carbonyl (C=O) groups excluding carboxylic acids is 2. The van der Waals surface area contributed by atoms with Crippen LogP contribution in [0.5, 0.6) is 0 Å². The van der Waals surface area contributed by atoms with Gasteiger partial charge in [0.2, 0.25) is 11.8 Å². The van der Waals surface area contributed by atoms with Crippen molar-refractivity contribution in [1.82, 2.24) is 20.4 Å². The highest BCUT2D eigenvalue weighted by molar-refractivity contribution is 5.85. The van der Waals surface area contributed by atoms with E-state index in [1.807, 2.05) is 0 Å². The van der Waals surface area contributed by atoms with E-state index in [2.05, 4.69) is 27.4 Å². The first-order valence-corrected chi connectivity index (χ1v) is 10.7. The van der Waals surface area contributed by atoms with Gasteiger partial charge in [-0.2, -0.15) is 0 Å². The van der Waals surface area contributed by atoms with E-state index in [1.54, 1.807) is 0 Å². The summed E-state index contributed by atoms with van der Waals surface area (Å²) in [6.45, 7) is 7.29. The van der Waals surface area contributed by atoms with Crippen LogP contribution >= 0.6 is 12.4 Å². The van der Waals surface area contributed by atoms with E-state index in [0.29, 0.717) is 24.4 Å². The summed E-state index contributed by atoms with van der Waals surface area (Å²) in [6, 6.07) is 0.441. The van der Waals surface area contributed by atoms with Gasteiger partial charge in [0.25, 0.3) is 0 Å². The van der Waals surface area contributed by atoms with E-state index in [0.717, 1.165) is 77.7 Å². The molecule has 0 saturated carbocycles. The molecule has 3 rings (SSSR count). The summed E-state index contributed by atoms with van der Waals surface area (Å²) in [5.74, 6) is 0.913. The monoisotopic (exact) mass is 400 g/mol. The number of halogens is 1. The molecule has 3 aliphatic rings. The summed E-state index contributed by atoms with van der Waals surface area (Å²) in [7, 11) is 0. The van der Waals surface area contributed by atoms with Crippen LogP contribution in [0.15, 0.2) is 0 Å². The quantitative estimate of drug-likeness (QED) is 0.713. The molecule has 0 aromatic rings. The summed E-state index contributed by atoms with van der Waals surface area (Å²) in [5.41, 5.74) is 0. The van der Waals surface area contributed by atoms with E-state index in [1.165, 1.54) is 6.42 Å². The fraction of sp³-hybridized carbons (Fsp3) is 0.900. The zero-order valence-corrected chi connectivity index (χ0v) is 17.6. The second-order valence-corrected chi connectivity index (χ2v) is 8.28. The van der Waals surface area contributed by atoms with Crippen molar-refractivity contribution in [3.63, 3.8) is 0 Å². The minimum Gasteiger partial charge on any atom is -0.354 e. The van der Waals surface area contributed by atoms with E-state index >= 15 is 0 Å². The molecule has 6 nitrogen and oxygen atoms in total. The normalized spacial score (nSPS) is 29.2. The lowest BCUT2D eigenvalue weighted by Gasteiger charge is -2.38. The maximum Gasteiger partial charge on any atom is 0.237 e. The average Bonchev–Trinajstić information content (AvgIpc) is 3.21. The summed E-state index contributed by atoms with van der Waals surface area (Å²) in [4.78, 5) is 29.4. The third kappa shape index (κ3) is 6.33. The molecule has 2 N–H and O–H groups in total. The van der Waals surface area contributed by atoms with E-state index in [-0.39, 0.29) is 24.4 Å². The smallest absolute Gasteiger partial charge is 0.237 e. The van der Waals surface area contributed by atoms with Gasteiger partial charge in [0.05, 0.1) is 12.6 Å². The molecule has 3 unspecified atom stereocenters. The molecule has 0 bridgehead atoms. The number of nitrogens with zero attached hydrogens (tertiary/aromatic N) is 2. The van der Waals surface area contributed by atoms with Crippen LogP contribution in [0.25, 0.3) is 0 Å². The number of amides is 2. The largest absolute Gasteiger partial charge is 0.354 e. The standard InChI is InChI=1S/C20H36N4O2.ClH/c1-2-17-8-3-4-12-24(17)19(25)15-23-11-6-7-16(14-23)13-22-20(26)18-9-5-10-21-18;/h16-18,21H,2-15H2,1H3,(H,22,26);1H. The van der Waals surface area contributed by atoms with Crippen molar-refractivity contribution in [2.24, 2.45) is 5.92 Å². The lowest BCUT2D eigenvalue weighted by atomic mass is 9.97. The highest BCUT2D eigenvalue weighted by Crippen LogP contribution is 2.21. The van der Waals surface area contributed by atoms with Gasteiger partial charge in [0, 0.05) is 25.7 Å². The number of hydrogen-bond donors (Lipinski definition) is 2. The molecule has 3 saturated heterocycles. The number of hydrogen-bond acceptors (Lipinski definition) is 4. The molecule has 0 aliphatic carbocycles. The van der Waals surface area contributed by atoms with Gasteiger partial charge in [0.1, 0.15) is 0 Å². The van der Waals surface area contributed by atoms with Gasteiger partial charge in [-0.15, -0.1) is 12.4 Å². The maximum absolute atomic E-state index is 12.8. The predicted octanol–water partition coefficient (Wildman–Crippen LogP) is 1.78. The Kier molecular flexibility index (Phi) is 9.33. The van der Waals surface area contributed by atoms with Crippen molar-refractivity contribution >= 4 is 24.2 Å². The lowest BCUT2D eigenvalue weighted by molar-refractivity contribution is -0.136. The first-order valence-electron chi connectivity index (χ1n) is 10.7. The number of nitrogens with one attached hydrogen (secondary N) is 2. The van der Waals surface area contributed by atoms with Gasteiger partial charge in [-0.25, -0.2) is 0 Å². The first kappa shape index (κ1) is 22.4. The van der Waals surface area contributed by atoms with Crippen LogP contribution in [-0.4, -0.2) is 73.0 Å². The molecule has 156 valence electrons. The molecule has 27 heavy (non-hydrogen) atoms. The zero-order valence-electron chi connectivity index (χ0n) is 16.8. The second-order valence-electron chi connectivity index (χ2n) is 8.28. The van der Waals surface area contributed by atoms with Crippen molar-refractivity contribution in [3.05, 3.63) is 0 Å². The highest BCUT2D eigenvalue weighted by atomic mass is 35.5. The van der Waals surface area contributed by atoms with Gasteiger partial charge >= 0.3 is 0 Å². The maximum atomic E-state index is 12.8. The van der Waals surface area contributed by atoms with Crippen LogP contribution in [0.3, 0.4) is 0 Å². The van der Waals surface area contributed by atoms with Gasteiger partial charge < -0.3 is 15.5 Å². The highest BCUT2D eigenvalue weighted by Gasteiger charge is 2.29. The third-order valence-corrected chi connectivity index (χ3v) is 6.32. The molecule has 3 fully saturated rings. The molecular weight excluding hydrogens is 364 g/mol. The number of likely N-dealkylation sites (tertiary alicyclic amines) is 2. The third-order valence-electron chi connectivity index (χ3n) is 6.32. The van der Waals surface area contributed by atoms with E-state index < -0.39 is 0 Å². The van der Waals surface area contributed by atoms with Crippen LogP contribution in [-0.2, 0) is 9.59 Å². The molecule has 7 heteroatoms. The Morgan fingerprint density at radius 1 is 1.07 bits per heavy atom. The molecule has 2 amide bonds. The van der Waals surface area contributed by atoms with Gasteiger partial charge in [0.15, 0.2) is 0 Å². The molecular formula is C20H37ClN4O2. The van der Waals surface area contributed by atoms with Gasteiger partial charge in [-0.05, 0) is 70.4 Å². The predicted molar refractivity (Wildman–Crippen MR) is 110 cm³/mol. The fourth-order valence-corrected chi connectivity index (χ4v) is 4.77. The zero-order chi connectivity index (χ0) is 18.4. The van der Waals surface area contributed by atoms with Crippen LogP contribution in [0, 0.1) is 5.92 Å². The van der Waals surface area contributed by atoms with Gasteiger partial charge in [-0.3, -0.25) is 14.5 Å². The fourth-order valence-electron chi connectivity index (χ4n) is 4.77. The van der Waals surface area contributed by atoms with Crippen LogP contribution in [0.1, 0.15) is 58.3 Å². The lowest BCUT2D eigenvalue weighted by Crippen LogP contribution is -2.50. The number of piperidine rings is 2. The van der Waals surface area contributed by atoms with Crippen LogP contribution < -0.4 is 10.6 Å². The Morgan fingerprint density at radius 2 is 1.93 bits per heavy atom. The average molecular weight is 401 g/mol. The Balaban J connectivity index is 0.00000261. The molecule has 3 atom stereocenters. The van der Waals surface area contributed by atoms with Crippen molar-refractivity contribution in [1.29, 1.82) is 0 Å². The SMILES string of the molecule is CCC1CCCCN1C(=O)CN1CCCC(CNC(=O)C2CCCN2)C1.Cl. The topological polar surface area (TPSA) is 64.7 Å². The van der Waals surface area contributed by atoms with Crippen molar-refractivity contribution < 1.29 is 9.59 Å². The molecule has 3 heterocycles. The molecule has 0 aromatic heterocycles. The molecule has 3 aliphatic heterocycles. The summed E-state index contributed by atoms with van der Waals surface area (Å²) in [6.07, 6.45) is 8.92. The van der Waals surface area contributed by atoms with E-state index in [9.17, 15) is 9.59 Å². The Bertz CT molecular complexity index is 485. The Hall–Kier alpha value is -0.850. The van der Waals surface area contributed by atoms with Gasteiger partial charge in [-0.1, -0.05) is 6.92 Å². The van der Waals surface area contributed by atoms with Crippen LogP contribution in [0.2, 0.25) is 0 Å². The van der Waals surface area contributed by atoms with E-state index in [4.69, 9.17) is 0 Å². The minimum absolute atomic E-state index is 0. The molecule has 0 aromatic carbocycles. The number of rotatable bonds is 6. The summed E-state index contributed by atoms with van der Waals surface area (Å²) in [5, 5.41) is 6.38. The molecule has 0 radical (unpaired) electrons. The second kappa shape index (κ2) is 11.2. The first-order chi connectivity index (χ1) is 12.7. The Labute approximate surface area is 170 Å². The summed E-state index contributed by atoms with van der Waals surface area (Å²) < 4.78 is 0. The molecule has 0 spiro atoms. The Morgan fingerprint density at radius 3 is 2.67 bits per heavy atom. The van der Waals surface area contributed by atoms with Crippen molar-refractivity contribution in [3.8, 4) is 0 Å².